The summed E-state index contributed by atoms with van der Waals surface area (Å²) < 4.78 is 0. The number of hydrogen-bond donors (Lipinski definition) is 0. The summed E-state index contributed by atoms with van der Waals surface area (Å²) in [6.07, 6.45) is 10.8. The van der Waals surface area contributed by atoms with Crippen LogP contribution in [0.25, 0.3) is 0 Å². The van der Waals surface area contributed by atoms with Gasteiger partial charge in [-0.15, -0.1) is 12.8 Å². The van der Waals surface area contributed by atoms with Crippen molar-refractivity contribution >= 4 is 17.3 Å². The van der Waals surface area contributed by atoms with Crippen molar-refractivity contribution in [3.05, 3.63) is 22.2 Å². The third kappa shape index (κ3) is 4.48. The molecule has 0 spiro atoms. The van der Waals surface area contributed by atoms with E-state index < -0.39 is 0 Å². The monoisotopic (exact) mass is 368 g/mol. The summed E-state index contributed by atoms with van der Waals surface area (Å²) in [6, 6.07) is 3.31. The van der Waals surface area contributed by atoms with Crippen LogP contribution in [-0.2, 0) is 0 Å². The first-order chi connectivity index (χ1) is 13.1. The van der Waals surface area contributed by atoms with Crippen LogP contribution in [-0.4, -0.2) is 85.2 Å². The molecule has 0 bridgehead atoms. The van der Waals surface area contributed by atoms with Crippen molar-refractivity contribution in [2.45, 2.75) is 0 Å². The van der Waals surface area contributed by atoms with Crippen LogP contribution in [0.2, 0.25) is 0 Å². The van der Waals surface area contributed by atoms with E-state index in [4.69, 9.17) is 12.8 Å². The number of rotatable bonds is 5. The number of pyridine rings is 1. The molecule has 0 aromatic carbocycles. The fourth-order valence-electron chi connectivity index (χ4n) is 3.49. The zero-order chi connectivity index (χ0) is 19.2. The van der Waals surface area contributed by atoms with E-state index in [0.29, 0.717) is 32.0 Å². The Morgan fingerprint density at radius 3 is 1.93 bits per heavy atom. The minimum atomic E-state index is -0.356. The van der Waals surface area contributed by atoms with Gasteiger partial charge in [-0.05, 0) is 6.07 Å². The maximum Gasteiger partial charge on any atom is 0.311 e. The SMILES string of the molecule is C#CCN1CCN(c2ccc([N+](=O)[O-])c(N3CCN(CC#C)CC3)n2)CC1. The van der Waals surface area contributed by atoms with E-state index in [0.717, 1.165) is 45.1 Å². The van der Waals surface area contributed by atoms with Crippen LogP contribution in [0.4, 0.5) is 17.3 Å². The fraction of sp³-hybridized carbons (Fsp3) is 0.526. The Kier molecular flexibility index (Phi) is 6.12. The third-order valence-corrected chi connectivity index (χ3v) is 5.03. The van der Waals surface area contributed by atoms with Gasteiger partial charge in [0.15, 0.2) is 0 Å². The van der Waals surface area contributed by atoms with Crippen molar-refractivity contribution in [2.75, 3.05) is 75.2 Å². The van der Waals surface area contributed by atoms with Crippen LogP contribution in [0.3, 0.4) is 0 Å². The number of aromatic nitrogens is 1. The van der Waals surface area contributed by atoms with Crippen LogP contribution >= 0.6 is 0 Å². The Bertz CT molecular complexity index is 752. The lowest BCUT2D eigenvalue weighted by Crippen LogP contribution is -2.48. The number of anilines is 2. The molecule has 27 heavy (non-hydrogen) atoms. The van der Waals surface area contributed by atoms with Crippen LogP contribution < -0.4 is 9.80 Å². The average Bonchev–Trinajstić information content (AvgIpc) is 2.69. The van der Waals surface area contributed by atoms with Crippen molar-refractivity contribution < 1.29 is 4.92 Å². The molecule has 3 rings (SSSR count). The molecule has 0 atom stereocenters. The van der Waals surface area contributed by atoms with Gasteiger partial charge in [-0.3, -0.25) is 19.9 Å². The standard InChI is InChI=1S/C19H24N6O2/c1-3-7-21-9-13-23(14-10-21)18-6-5-17(25(26)27)19(20-18)24-15-11-22(8-4-2)12-16-24/h1-2,5-6H,7-16H2. The van der Waals surface area contributed by atoms with Gasteiger partial charge in [0.1, 0.15) is 5.82 Å². The topological polar surface area (TPSA) is 69.0 Å². The second kappa shape index (κ2) is 8.72. The van der Waals surface area contributed by atoms with Crippen LogP contribution in [0.15, 0.2) is 12.1 Å². The number of piperazine rings is 2. The Hall–Kier alpha value is -2.81. The van der Waals surface area contributed by atoms with E-state index in [-0.39, 0.29) is 10.6 Å². The normalized spacial score (nSPS) is 18.7. The highest BCUT2D eigenvalue weighted by molar-refractivity contribution is 5.62. The first-order valence-electron chi connectivity index (χ1n) is 9.09. The molecule has 0 radical (unpaired) electrons. The molecule has 0 N–H and O–H groups in total. The molecular formula is C19H24N6O2. The second-order valence-electron chi connectivity index (χ2n) is 6.70. The van der Waals surface area contributed by atoms with E-state index in [2.05, 4.69) is 31.5 Å². The second-order valence-corrected chi connectivity index (χ2v) is 6.70. The molecule has 2 saturated heterocycles. The van der Waals surface area contributed by atoms with Gasteiger partial charge in [-0.1, -0.05) is 11.8 Å². The lowest BCUT2D eigenvalue weighted by atomic mass is 10.2. The highest BCUT2D eigenvalue weighted by Crippen LogP contribution is 2.30. The number of nitro groups is 1. The molecule has 3 heterocycles. The highest BCUT2D eigenvalue weighted by Gasteiger charge is 2.27. The first kappa shape index (κ1) is 19.0. The minimum Gasteiger partial charge on any atom is -0.354 e. The van der Waals surface area contributed by atoms with E-state index in [1.54, 1.807) is 12.1 Å². The van der Waals surface area contributed by atoms with E-state index in [9.17, 15) is 10.1 Å². The molecule has 142 valence electrons. The molecule has 0 saturated carbocycles. The predicted octanol–water partition coefficient (Wildman–Crippen LogP) is 0.500. The molecule has 1 aromatic heterocycles. The van der Waals surface area contributed by atoms with Gasteiger partial charge in [0.25, 0.3) is 0 Å². The van der Waals surface area contributed by atoms with Crippen LogP contribution in [0.1, 0.15) is 0 Å². The summed E-state index contributed by atoms with van der Waals surface area (Å²) in [6.45, 7) is 7.50. The van der Waals surface area contributed by atoms with Crippen LogP contribution in [0, 0.1) is 34.8 Å². The van der Waals surface area contributed by atoms with Crippen molar-refractivity contribution in [1.29, 1.82) is 0 Å². The quantitative estimate of drug-likeness (QED) is 0.426. The summed E-state index contributed by atoms with van der Waals surface area (Å²) in [5.74, 6) is 6.55. The molecule has 0 aliphatic carbocycles. The van der Waals surface area contributed by atoms with Gasteiger partial charge in [0, 0.05) is 58.4 Å². The number of terminal acetylenes is 2. The van der Waals surface area contributed by atoms with Gasteiger partial charge in [0.2, 0.25) is 5.82 Å². The largest absolute Gasteiger partial charge is 0.354 e. The molecule has 2 aliphatic rings. The summed E-state index contributed by atoms with van der Waals surface area (Å²) in [4.78, 5) is 24.3. The summed E-state index contributed by atoms with van der Waals surface area (Å²) in [5, 5.41) is 11.5. The van der Waals surface area contributed by atoms with Gasteiger partial charge in [0.05, 0.1) is 18.0 Å². The Balaban J connectivity index is 1.75. The Morgan fingerprint density at radius 2 is 1.44 bits per heavy atom. The van der Waals surface area contributed by atoms with Crippen molar-refractivity contribution in [1.82, 2.24) is 14.8 Å². The molecule has 8 heteroatoms. The molecule has 1 aromatic rings. The highest BCUT2D eigenvalue weighted by atomic mass is 16.6. The van der Waals surface area contributed by atoms with E-state index in [1.807, 2.05) is 4.90 Å². The third-order valence-electron chi connectivity index (χ3n) is 5.03. The first-order valence-corrected chi connectivity index (χ1v) is 9.09. The zero-order valence-electron chi connectivity index (χ0n) is 15.4. The zero-order valence-corrected chi connectivity index (χ0v) is 15.4. The average molecular weight is 368 g/mol. The maximum atomic E-state index is 11.5. The Labute approximate surface area is 159 Å². The molecule has 2 aliphatic heterocycles. The summed E-state index contributed by atoms with van der Waals surface area (Å²) in [7, 11) is 0. The van der Waals surface area contributed by atoms with Gasteiger partial charge in [-0.2, -0.15) is 0 Å². The maximum absolute atomic E-state index is 11.5. The van der Waals surface area contributed by atoms with Gasteiger partial charge in [-0.25, -0.2) is 4.98 Å². The molecule has 8 nitrogen and oxygen atoms in total. The van der Waals surface area contributed by atoms with Crippen LogP contribution in [0.5, 0.6) is 0 Å². The smallest absolute Gasteiger partial charge is 0.311 e. The van der Waals surface area contributed by atoms with Gasteiger partial charge < -0.3 is 9.80 Å². The lowest BCUT2D eigenvalue weighted by molar-refractivity contribution is -0.384. The van der Waals surface area contributed by atoms with Crippen molar-refractivity contribution in [3.63, 3.8) is 0 Å². The summed E-state index contributed by atoms with van der Waals surface area (Å²) >= 11 is 0. The summed E-state index contributed by atoms with van der Waals surface area (Å²) in [5.41, 5.74) is 0.0510. The number of nitrogens with zero attached hydrogens (tertiary/aromatic N) is 6. The molecular weight excluding hydrogens is 344 g/mol. The molecule has 0 amide bonds. The molecule has 2 fully saturated rings. The van der Waals surface area contributed by atoms with Crippen molar-refractivity contribution in [3.8, 4) is 24.7 Å². The predicted molar refractivity (Wildman–Crippen MR) is 106 cm³/mol. The Morgan fingerprint density at radius 1 is 0.926 bits per heavy atom. The molecule has 0 unspecified atom stereocenters. The fourth-order valence-corrected chi connectivity index (χ4v) is 3.49. The van der Waals surface area contributed by atoms with E-state index >= 15 is 0 Å². The minimum absolute atomic E-state index is 0.0510. The van der Waals surface area contributed by atoms with Gasteiger partial charge >= 0.3 is 5.69 Å². The number of hydrogen-bond acceptors (Lipinski definition) is 7. The van der Waals surface area contributed by atoms with E-state index in [1.165, 1.54) is 0 Å². The lowest BCUT2D eigenvalue weighted by Gasteiger charge is -2.36. The van der Waals surface area contributed by atoms with Crippen molar-refractivity contribution in [2.24, 2.45) is 0 Å².